The normalized spacial score (nSPS) is 20.6. The first-order chi connectivity index (χ1) is 14.1. The topological polar surface area (TPSA) is 47.5 Å². The van der Waals surface area contributed by atoms with Crippen LogP contribution in [0.4, 0.5) is 0 Å². The minimum absolute atomic E-state index is 0.213. The average molecular weight is 397 g/mol. The van der Waals surface area contributed by atoms with Crippen LogP contribution in [-0.2, 0) is 11.2 Å². The van der Waals surface area contributed by atoms with Crippen molar-refractivity contribution in [1.29, 1.82) is 0 Å². The average Bonchev–Trinajstić information content (AvgIpc) is 3.39. The molecule has 29 heavy (non-hydrogen) atoms. The Balaban J connectivity index is 1.46. The zero-order valence-corrected chi connectivity index (χ0v) is 18.3. The van der Waals surface area contributed by atoms with Crippen LogP contribution in [0.3, 0.4) is 0 Å². The van der Waals surface area contributed by atoms with E-state index >= 15 is 0 Å². The summed E-state index contributed by atoms with van der Waals surface area (Å²) in [7, 11) is 0. The molecule has 158 valence electrons. The first-order valence-corrected chi connectivity index (χ1v) is 11.4. The summed E-state index contributed by atoms with van der Waals surface area (Å²) in [6.07, 6.45) is 16.5. The van der Waals surface area contributed by atoms with Gasteiger partial charge in [-0.05, 0) is 49.1 Å². The van der Waals surface area contributed by atoms with Crippen LogP contribution in [0.5, 0.6) is 5.75 Å². The Morgan fingerprint density at radius 1 is 0.897 bits per heavy atom. The SMILES string of the molecule is CCCCCCCCc1cnc(-c2ccc(O[C@]3(C)O[C@H]3CCCC)cc2)nc1. The molecule has 3 rings (SSSR count). The maximum absolute atomic E-state index is 6.05. The van der Waals surface area contributed by atoms with Crippen molar-refractivity contribution in [3.8, 4) is 17.1 Å². The van der Waals surface area contributed by atoms with E-state index in [1.54, 1.807) is 0 Å². The number of hydrogen-bond donors (Lipinski definition) is 0. The Morgan fingerprint density at radius 3 is 2.24 bits per heavy atom. The molecule has 0 N–H and O–H groups in total. The molecule has 0 radical (unpaired) electrons. The Morgan fingerprint density at radius 2 is 1.55 bits per heavy atom. The van der Waals surface area contributed by atoms with Crippen LogP contribution in [0.1, 0.15) is 84.1 Å². The van der Waals surface area contributed by atoms with E-state index in [9.17, 15) is 0 Å². The first-order valence-electron chi connectivity index (χ1n) is 11.4. The van der Waals surface area contributed by atoms with Gasteiger partial charge in [0, 0.05) is 24.9 Å². The van der Waals surface area contributed by atoms with Crippen LogP contribution in [0.25, 0.3) is 11.4 Å². The fraction of sp³-hybridized carbons (Fsp3) is 0.600. The first kappa shape index (κ1) is 21.8. The predicted molar refractivity (Wildman–Crippen MR) is 118 cm³/mol. The lowest BCUT2D eigenvalue weighted by molar-refractivity contribution is 0.0803. The quantitative estimate of drug-likeness (QED) is 0.278. The Hall–Kier alpha value is -1.94. The molecule has 1 aliphatic rings. The van der Waals surface area contributed by atoms with Crippen molar-refractivity contribution in [2.24, 2.45) is 0 Å². The zero-order valence-electron chi connectivity index (χ0n) is 18.3. The molecule has 4 nitrogen and oxygen atoms in total. The lowest BCUT2D eigenvalue weighted by Crippen LogP contribution is -2.18. The van der Waals surface area contributed by atoms with Crippen LogP contribution < -0.4 is 4.74 Å². The molecule has 1 saturated heterocycles. The third kappa shape index (κ3) is 6.53. The second-order valence-corrected chi connectivity index (χ2v) is 8.32. The summed E-state index contributed by atoms with van der Waals surface area (Å²) in [5.74, 6) is 1.12. The molecule has 1 fully saturated rings. The second kappa shape index (κ2) is 10.7. The van der Waals surface area contributed by atoms with Crippen molar-refractivity contribution in [3.05, 3.63) is 42.2 Å². The van der Waals surface area contributed by atoms with E-state index in [4.69, 9.17) is 9.47 Å². The lowest BCUT2D eigenvalue weighted by atomic mass is 10.1. The van der Waals surface area contributed by atoms with Crippen LogP contribution >= 0.6 is 0 Å². The molecule has 0 unspecified atom stereocenters. The molecular weight excluding hydrogens is 360 g/mol. The van der Waals surface area contributed by atoms with Crippen LogP contribution in [0.2, 0.25) is 0 Å². The van der Waals surface area contributed by atoms with E-state index in [1.807, 2.05) is 43.6 Å². The molecule has 2 heterocycles. The third-order valence-electron chi connectivity index (χ3n) is 5.68. The highest BCUT2D eigenvalue weighted by molar-refractivity contribution is 5.56. The fourth-order valence-corrected chi connectivity index (χ4v) is 3.70. The molecule has 0 spiro atoms. The minimum atomic E-state index is -0.467. The minimum Gasteiger partial charge on any atom is -0.460 e. The van der Waals surface area contributed by atoms with Gasteiger partial charge in [-0.3, -0.25) is 0 Å². The summed E-state index contributed by atoms with van der Waals surface area (Å²) < 4.78 is 11.8. The van der Waals surface area contributed by atoms with Gasteiger partial charge in [0.25, 0.3) is 0 Å². The van der Waals surface area contributed by atoms with E-state index in [0.29, 0.717) is 0 Å². The Bertz CT molecular complexity index is 729. The summed E-state index contributed by atoms with van der Waals surface area (Å²) in [6, 6.07) is 8.00. The maximum atomic E-state index is 6.05. The van der Waals surface area contributed by atoms with Gasteiger partial charge in [-0.25, -0.2) is 9.97 Å². The van der Waals surface area contributed by atoms with Gasteiger partial charge in [0.05, 0.1) is 0 Å². The molecule has 0 amide bonds. The lowest BCUT2D eigenvalue weighted by Gasteiger charge is -2.11. The zero-order chi connectivity index (χ0) is 20.5. The summed E-state index contributed by atoms with van der Waals surface area (Å²) in [4.78, 5) is 9.13. The van der Waals surface area contributed by atoms with Gasteiger partial charge < -0.3 is 9.47 Å². The highest BCUT2D eigenvalue weighted by atomic mass is 16.8. The fourth-order valence-electron chi connectivity index (χ4n) is 3.70. The van der Waals surface area contributed by atoms with Crippen LogP contribution in [0, 0.1) is 0 Å². The summed E-state index contributed by atoms with van der Waals surface area (Å²) >= 11 is 0. The smallest absolute Gasteiger partial charge is 0.234 e. The van der Waals surface area contributed by atoms with Crippen molar-refractivity contribution >= 4 is 0 Å². The predicted octanol–water partition coefficient (Wildman–Crippen LogP) is 6.73. The standard InChI is InChI=1S/C25H36N2O2/c1-4-6-8-9-10-11-12-20-18-26-24(27-19-20)21-14-16-22(17-15-21)28-25(3)23(29-25)13-7-5-2/h14-19,23H,4-13H2,1-3H3/t23-,25+/m0/s1. The number of epoxide rings is 1. The summed E-state index contributed by atoms with van der Waals surface area (Å²) in [5, 5.41) is 0. The third-order valence-corrected chi connectivity index (χ3v) is 5.68. The largest absolute Gasteiger partial charge is 0.460 e. The van der Waals surface area contributed by atoms with E-state index in [-0.39, 0.29) is 6.10 Å². The maximum Gasteiger partial charge on any atom is 0.234 e. The molecule has 0 saturated carbocycles. The molecule has 1 aliphatic heterocycles. The highest BCUT2D eigenvalue weighted by Crippen LogP contribution is 2.41. The molecule has 0 aliphatic carbocycles. The number of nitrogens with zero attached hydrogens (tertiary/aromatic N) is 2. The number of hydrogen-bond acceptors (Lipinski definition) is 4. The second-order valence-electron chi connectivity index (χ2n) is 8.32. The Labute approximate surface area is 176 Å². The highest BCUT2D eigenvalue weighted by Gasteiger charge is 2.54. The number of ether oxygens (including phenoxy) is 2. The number of aryl methyl sites for hydroxylation is 1. The van der Waals surface area contributed by atoms with Crippen molar-refractivity contribution in [1.82, 2.24) is 9.97 Å². The molecule has 2 aromatic rings. The van der Waals surface area contributed by atoms with Crippen molar-refractivity contribution < 1.29 is 9.47 Å². The molecular formula is C25H36N2O2. The molecule has 1 aromatic heterocycles. The van der Waals surface area contributed by atoms with Gasteiger partial charge in [0.1, 0.15) is 11.9 Å². The summed E-state index contributed by atoms with van der Waals surface area (Å²) in [6.45, 7) is 6.47. The molecule has 4 heteroatoms. The van der Waals surface area contributed by atoms with Gasteiger partial charge in [-0.15, -0.1) is 0 Å². The molecule has 0 bridgehead atoms. The van der Waals surface area contributed by atoms with Crippen LogP contribution in [0.15, 0.2) is 36.7 Å². The monoisotopic (exact) mass is 396 g/mol. The van der Waals surface area contributed by atoms with E-state index in [2.05, 4.69) is 23.8 Å². The van der Waals surface area contributed by atoms with Crippen LogP contribution in [-0.4, -0.2) is 21.9 Å². The number of rotatable bonds is 13. The van der Waals surface area contributed by atoms with Gasteiger partial charge in [0.2, 0.25) is 5.79 Å². The Kier molecular flexibility index (Phi) is 8.05. The van der Waals surface area contributed by atoms with E-state index in [1.165, 1.54) is 56.9 Å². The number of unbranched alkanes of at least 4 members (excludes halogenated alkanes) is 6. The van der Waals surface area contributed by atoms with Gasteiger partial charge in [-0.2, -0.15) is 0 Å². The van der Waals surface area contributed by atoms with E-state index < -0.39 is 5.79 Å². The van der Waals surface area contributed by atoms with Gasteiger partial charge in [-0.1, -0.05) is 58.8 Å². The molecule has 2 atom stereocenters. The summed E-state index contributed by atoms with van der Waals surface area (Å²) in [5.41, 5.74) is 2.23. The van der Waals surface area contributed by atoms with Crippen molar-refractivity contribution in [2.45, 2.75) is 96.9 Å². The van der Waals surface area contributed by atoms with Crippen molar-refractivity contribution in [2.75, 3.05) is 0 Å². The van der Waals surface area contributed by atoms with Gasteiger partial charge in [0.15, 0.2) is 5.82 Å². The van der Waals surface area contributed by atoms with E-state index in [0.717, 1.165) is 30.0 Å². The number of benzene rings is 1. The van der Waals surface area contributed by atoms with Gasteiger partial charge >= 0.3 is 0 Å². The van der Waals surface area contributed by atoms with Crippen molar-refractivity contribution in [3.63, 3.8) is 0 Å². The molecule has 1 aromatic carbocycles. The number of aromatic nitrogens is 2.